The fraction of sp³-hybridized carbons (Fsp3) is 0.421. The molecule has 1 aromatic heterocycles. The van der Waals surface area contributed by atoms with Gasteiger partial charge < -0.3 is 10.2 Å². The Bertz CT molecular complexity index is 970. The van der Waals surface area contributed by atoms with Gasteiger partial charge in [0.25, 0.3) is 10.0 Å². The Morgan fingerprint density at radius 3 is 2.41 bits per heavy atom. The number of amides is 2. The SMILES string of the molecule is O=C1Nc2cscc2S(=O)(=O)N1CCCCN1CCN(c2ccc(F)cc2)CC1. The first-order valence-corrected chi connectivity index (χ1v) is 12.0. The number of halogens is 1. The number of nitrogens with zero attached hydrogens (tertiary/aromatic N) is 3. The van der Waals surface area contributed by atoms with E-state index >= 15 is 0 Å². The number of rotatable bonds is 6. The molecule has 4 rings (SSSR count). The van der Waals surface area contributed by atoms with Crippen LogP contribution in [0, 0.1) is 5.82 Å². The largest absolute Gasteiger partial charge is 0.369 e. The number of nitrogens with one attached hydrogen (secondary N) is 1. The zero-order valence-electron chi connectivity index (χ0n) is 15.9. The molecule has 156 valence electrons. The lowest BCUT2D eigenvalue weighted by Gasteiger charge is -2.36. The van der Waals surface area contributed by atoms with E-state index in [2.05, 4.69) is 15.1 Å². The molecule has 2 aromatic rings. The Hall–Kier alpha value is -2.17. The zero-order valence-corrected chi connectivity index (χ0v) is 17.5. The van der Waals surface area contributed by atoms with Crippen LogP contribution in [0.4, 0.5) is 20.6 Å². The highest BCUT2D eigenvalue weighted by atomic mass is 32.2. The van der Waals surface area contributed by atoms with Crippen molar-refractivity contribution in [2.45, 2.75) is 17.7 Å². The van der Waals surface area contributed by atoms with Gasteiger partial charge in [-0.25, -0.2) is 21.9 Å². The molecule has 1 fully saturated rings. The standard InChI is InChI=1S/C19H23FN4O3S2/c20-15-3-5-16(6-4-15)23-11-9-22(10-12-23)7-1-2-8-24-19(25)21-17-13-28-14-18(17)29(24,26)27/h3-6,13-14H,1-2,7-12H2,(H,21,25). The Kier molecular flexibility index (Phi) is 5.75. The number of fused-ring (bicyclic) bond motifs is 1. The van der Waals surface area contributed by atoms with Crippen LogP contribution >= 0.6 is 11.3 Å². The van der Waals surface area contributed by atoms with Gasteiger partial charge in [-0.05, 0) is 43.7 Å². The smallest absolute Gasteiger partial charge is 0.335 e. The summed E-state index contributed by atoms with van der Waals surface area (Å²) in [6, 6.07) is 5.97. The third kappa shape index (κ3) is 4.24. The Labute approximate surface area is 173 Å². The van der Waals surface area contributed by atoms with Gasteiger partial charge in [-0.3, -0.25) is 4.90 Å². The molecule has 1 saturated heterocycles. The molecular formula is C19H23FN4O3S2. The van der Waals surface area contributed by atoms with Crippen LogP contribution in [-0.4, -0.2) is 62.9 Å². The molecule has 1 N–H and O–H groups in total. The normalized spacial score (nSPS) is 19.1. The lowest BCUT2D eigenvalue weighted by atomic mass is 10.2. The molecule has 0 atom stereocenters. The monoisotopic (exact) mass is 438 g/mol. The maximum Gasteiger partial charge on any atom is 0.335 e. The molecular weight excluding hydrogens is 415 g/mol. The van der Waals surface area contributed by atoms with E-state index < -0.39 is 16.1 Å². The predicted molar refractivity (Wildman–Crippen MR) is 112 cm³/mol. The average molecular weight is 439 g/mol. The number of anilines is 2. The van der Waals surface area contributed by atoms with Crippen LogP contribution in [0.15, 0.2) is 39.9 Å². The minimum Gasteiger partial charge on any atom is -0.369 e. The molecule has 10 heteroatoms. The molecule has 3 heterocycles. The van der Waals surface area contributed by atoms with Gasteiger partial charge in [-0.15, -0.1) is 11.3 Å². The van der Waals surface area contributed by atoms with Crippen LogP contribution in [0.5, 0.6) is 0 Å². The van der Waals surface area contributed by atoms with Gasteiger partial charge in [0.1, 0.15) is 10.7 Å². The van der Waals surface area contributed by atoms with Crippen molar-refractivity contribution >= 4 is 38.8 Å². The van der Waals surface area contributed by atoms with Gasteiger partial charge in [0.05, 0.1) is 5.69 Å². The maximum atomic E-state index is 13.1. The topological polar surface area (TPSA) is 73.0 Å². The van der Waals surface area contributed by atoms with Crippen molar-refractivity contribution in [3.63, 3.8) is 0 Å². The number of urea groups is 1. The van der Waals surface area contributed by atoms with Crippen LogP contribution in [0.25, 0.3) is 0 Å². The van der Waals surface area contributed by atoms with Crippen LogP contribution in [-0.2, 0) is 10.0 Å². The van der Waals surface area contributed by atoms with Crippen molar-refractivity contribution in [2.75, 3.05) is 49.5 Å². The lowest BCUT2D eigenvalue weighted by Crippen LogP contribution is -2.47. The van der Waals surface area contributed by atoms with Gasteiger partial charge in [0.15, 0.2) is 0 Å². The zero-order chi connectivity index (χ0) is 20.4. The number of carbonyl (C=O) groups is 1. The quantitative estimate of drug-likeness (QED) is 0.702. The van der Waals surface area contributed by atoms with Crippen LogP contribution in [0.3, 0.4) is 0 Å². The third-order valence-corrected chi connectivity index (χ3v) is 8.03. The number of hydrogen-bond acceptors (Lipinski definition) is 6. The molecule has 1 aromatic carbocycles. The van der Waals surface area contributed by atoms with Gasteiger partial charge in [0, 0.05) is 49.2 Å². The summed E-state index contributed by atoms with van der Waals surface area (Å²) in [6.45, 7) is 4.58. The summed E-state index contributed by atoms with van der Waals surface area (Å²) in [7, 11) is -3.75. The molecule has 0 saturated carbocycles. The van der Waals surface area contributed by atoms with E-state index in [1.807, 2.05) is 0 Å². The Morgan fingerprint density at radius 2 is 1.69 bits per heavy atom. The second kappa shape index (κ2) is 8.29. The van der Waals surface area contributed by atoms with Crippen molar-refractivity contribution in [3.8, 4) is 0 Å². The predicted octanol–water partition coefficient (Wildman–Crippen LogP) is 3.03. The van der Waals surface area contributed by atoms with Crippen LogP contribution in [0.2, 0.25) is 0 Å². The van der Waals surface area contributed by atoms with Crippen molar-refractivity contribution in [1.29, 1.82) is 0 Å². The molecule has 29 heavy (non-hydrogen) atoms. The first kappa shape index (κ1) is 20.1. The molecule has 2 aliphatic rings. The van der Waals surface area contributed by atoms with Gasteiger partial charge in [0.2, 0.25) is 0 Å². The highest BCUT2D eigenvalue weighted by Crippen LogP contribution is 2.33. The van der Waals surface area contributed by atoms with E-state index in [9.17, 15) is 17.6 Å². The fourth-order valence-corrected chi connectivity index (χ4v) is 6.30. The summed E-state index contributed by atoms with van der Waals surface area (Å²) >= 11 is 1.26. The highest BCUT2D eigenvalue weighted by Gasteiger charge is 2.36. The van der Waals surface area contributed by atoms with Crippen molar-refractivity contribution in [2.24, 2.45) is 0 Å². The summed E-state index contributed by atoms with van der Waals surface area (Å²) in [5, 5.41) is 5.82. The minimum atomic E-state index is -3.75. The molecule has 0 radical (unpaired) electrons. The fourth-order valence-electron chi connectivity index (χ4n) is 3.68. The minimum absolute atomic E-state index is 0.180. The third-order valence-electron chi connectivity index (χ3n) is 5.31. The van der Waals surface area contributed by atoms with E-state index in [4.69, 9.17) is 0 Å². The molecule has 0 aliphatic carbocycles. The Morgan fingerprint density at radius 1 is 1.00 bits per heavy atom. The van der Waals surface area contributed by atoms with Crippen LogP contribution < -0.4 is 10.2 Å². The number of piperazine rings is 1. The number of hydrogen-bond donors (Lipinski definition) is 1. The summed E-state index contributed by atoms with van der Waals surface area (Å²) in [5.74, 6) is -0.230. The summed E-state index contributed by atoms with van der Waals surface area (Å²) in [5.41, 5.74) is 1.40. The van der Waals surface area contributed by atoms with E-state index in [1.165, 1.54) is 23.5 Å². The number of benzene rings is 1. The number of carbonyl (C=O) groups excluding carboxylic acids is 1. The van der Waals surface area contributed by atoms with E-state index in [-0.39, 0.29) is 17.3 Å². The Balaban J connectivity index is 1.23. The molecule has 2 amide bonds. The average Bonchev–Trinajstić information content (AvgIpc) is 3.18. The number of unbranched alkanes of at least 4 members (excludes halogenated alkanes) is 1. The van der Waals surface area contributed by atoms with Gasteiger partial charge in [-0.2, -0.15) is 0 Å². The highest BCUT2D eigenvalue weighted by molar-refractivity contribution is 7.90. The molecule has 0 unspecified atom stereocenters. The van der Waals surface area contributed by atoms with Crippen molar-refractivity contribution in [3.05, 3.63) is 40.8 Å². The molecule has 0 spiro atoms. The molecule has 0 bridgehead atoms. The summed E-state index contributed by atoms with van der Waals surface area (Å²) < 4.78 is 39.2. The van der Waals surface area contributed by atoms with Gasteiger partial charge in [-0.1, -0.05) is 0 Å². The molecule has 2 aliphatic heterocycles. The van der Waals surface area contributed by atoms with E-state index in [1.54, 1.807) is 22.9 Å². The first-order chi connectivity index (χ1) is 13.9. The summed E-state index contributed by atoms with van der Waals surface area (Å²) in [4.78, 5) is 16.9. The summed E-state index contributed by atoms with van der Waals surface area (Å²) in [6.07, 6.45) is 1.43. The van der Waals surface area contributed by atoms with Crippen molar-refractivity contribution < 1.29 is 17.6 Å². The van der Waals surface area contributed by atoms with Crippen molar-refractivity contribution in [1.82, 2.24) is 9.21 Å². The second-order valence-electron chi connectivity index (χ2n) is 7.17. The first-order valence-electron chi connectivity index (χ1n) is 9.58. The number of thiophene rings is 1. The molecule has 7 nitrogen and oxygen atoms in total. The van der Waals surface area contributed by atoms with Gasteiger partial charge >= 0.3 is 6.03 Å². The van der Waals surface area contributed by atoms with E-state index in [0.717, 1.165) is 49.1 Å². The lowest BCUT2D eigenvalue weighted by molar-refractivity contribution is 0.230. The van der Waals surface area contributed by atoms with Crippen LogP contribution in [0.1, 0.15) is 12.8 Å². The van der Waals surface area contributed by atoms with E-state index in [0.29, 0.717) is 12.1 Å². The number of sulfonamides is 1. The maximum absolute atomic E-state index is 13.1. The second-order valence-corrected chi connectivity index (χ2v) is 9.74.